The summed E-state index contributed by atoms with van der Waals surface area (Å²) in [6.07, 6.45) is 0. The molecule has 1 aliphatic rings. The van der Waals surface area contributed by atoms with Crippen LogP contribution in [0.5, 0.6) is 5.75 Å². The number of nitrogens with two attached hydrogens (primary N) is 2. The number of para-hydroxylation sites is 1. The van der Waals surface area contributed by atoms with Crippen molar-refractivity contribution in [2.45, 2.75) is 0 Å². The van der Waals surface area contributed by atoms with E-state index in [1.165, 1.54) is 12.1 Å². The van der Waals surface area contributed by atoms with E-state index in [9.17, 15) is 5.11 Å². The Kier molecular flexibility index (Phi) is 4.36. The van der Waals surface area contributed by atoms with Gasteiger partial charge in [0.15, 0.2) is 5.84 Å². The molecule has 0 atom stereocenters. The van der Waals surface area contributed by atoms with E-state index in [2.05, 4.69) is 10.1 Å². The molecule has 6 N–H and O–H groups in total. The van der Waals surface area contributed by atoms with Crippen LogP contribution in [-0.2, 0) is 0 Å². The number of nitrogens with one attached hydrogen (secondary N) is 1. The largest absolute Gasteiger partial charge is 0.495 e. The molecular formula is C17H18N6O2. The molecule has 0 saturated heterocycles. The van der Waals surface area contributed by atoms with Gasteiger partial charge in [0.25, 0.3) is 0 Å². The number of aliphatic hydroxyl groups is 1. The van der Waals surface area contributed by atoms with Crippen LogP contribution in [0, 0.1) is 5.41 Å². The zero-order chi connectivity index (χ0) is 18.0. The van der Waals surface area contributed by atoms with Crippen LogP contribution in [0.2, 0.25) is 0 Å². The molecule has 0 saturated carbocycles. The monoisotopic (exact) mass is 338 g/mol. The summed E-state index contributed by atoms with van der Waals surface area (Å²) in [5, 5.41) is 23.7. The average Bonchev–Trinajstić information content (AvgIpc) is 2.94. The van der Waals surface area contributed by atoms with Gasteiger partial charge in [0.05, 0.1) is 36.5 Å². The minimum absolute atomic E-state index is 0.0467. The van der Waals surface area contributed by atoms with Crippen LogP contribution < -0.4 is 21.2 Å². The summed E-state index contributed by atoms with van der Waals surface area (Å²) in [5.41, 5.74) is 14.1. The second-order valence-electron chi connectivity index (χ2n) is 5.31. The Morgan fingerprint density at radius 1 is 1.20 bits per heavy atom. The van der Waals surface area contributed by atoms with Gasteiger partial charge in [-0.1, -0.05) is 18.2 Å². The number of nitrogens with zero attached hydrogens (tertiary/aromatic N) is 3. The number of aliphatic imine (C=N–C) groups is 1. The second-order valence-corrected chi connectivity index (χ2v) is 5.31. The lowest BCUT2D eigenvalue weighted by Gasteiger charge is -2.13. The van der Waals surface area contributed by atoms with Crippen LogP contribution in [-0.4, -0.2) is 36.1 Å². The maximum absolute atomic E-state index is 9.60. The summed E-state index contributed by atoms with van der Waals surface area (Å²) in [5.74, 6) is 0.478. The molecule has 0 bridgehead atoms. The van der Waals surface area contributed by atoms with Crippen molar-refractivity contribution in [3.63, 3.8) is 0 Å². The third kappa shape index (κ3) is 3.02. The van der Waals surface area contributed by atoms with E-state index in [0.29, 0.717) is 28.5 Å². The predicted molar refractivity (Wildman–Crippen MR) is 100 cm³/mol. The first kappa shape index (κ1) is 16.5. The van der Waals surface area contributed by atoms with Crippen molar-refractivity contribution in [3.8, 4) is 5.75 Å². The third-order valence-electron chi connectivity index (χ3n) is 3.69. The van der Waals surface area contributed by atoms with Crippen LogP contribution in [0.4, 0.5) is 22.7 Å². The van der Waals surface area contributed by atoms with Gasteiger partial charge >= 0.3 is 0 Å². The van der Waals surface area contributed by atoms with Crippen molar-refractivity contribution >= 4 is 40.0 Å². The molecule has 0 radical (unpaired) electrons. The van der Waals surface area contributed by atoms with Crippen molar-refractivity contribution in [1.29, 1.82) is 5.41 Å². The molecule has 2 aromatic rings. The Balaban J connectivity index is 2.04. The van der Waals surface area contributed by atoms with Crippen molar-refractivity contribution in [2.75, 3.05) is 30.2 Å². The van der Waals surface area contributed by atoms with E-state index in [-0.39, 0.29) is 23.9 Å². The zero-order valence-electron chi connectivity index (χ0n) is 13.6. The highest BCUT2D eigenvalue weighted by Crippen LogP contribution is 2.33. The summed E-state index contributed by atoms with van der Waals surface area (Å²) in [4.78, 5) is 4.42. The Morgan fingerprint density at radius 2 is 1.92 bits per heavy atom. The fourth-order valence-electron chi connectivity index (χ4n) is 2.43. The van der Waals surface area contributed by atoms with E-state index >= 15 is 0 Å². The number of hydrogen-bond donors (Lipinski definition) is 4. The van der Waals surface area contributed by atoms with Gasteiger partial charge in [-0.05, 0) is 18.2 Å². The number of hydrogen-bond acceptors (Lipinski definition) is 7. The highest BCUT2D eigenvalue weighted by molar-refractivity contribution is 6.72. The molecule has 0 fully saturated rings. The van der Waals surface area contributed by atoms with E-state index in [4.69, 9.17) is 21.6 Å². The van der Waals surface area contributed by atoms with Gasteiger partial charge in [0.1, 0.15) is 17.2 Å². The molecule has 2 aromatic carbocycles. The summed E-state index contributed by atoms with van der Waals surface area (Å²) >= 11 is 0. The maximum atomic E-state index is 9.60. The van der Waals surface area contributed by atoms with Crippen LogP contribution in [0.25, 0.3) is 0 Å². The first-order valence-corrected chi connectivity index (χ1v) is 7.49. The lowest BCUT2D eigenvalue weighted by molar-refractivity contribution is 0.359. The van der Waals surface area contributed by atoms with Crippen molar-refractivity contribution < 1.29 is 9.84 Å². The molecule has 25 heavy (non-hydrogen) atoms. The highest BCUT2D eigenvalue weighted by atomic mass is 16.5. The fourth-order valence-corrected chi connectivity index (χ4v) is 2.43. The average molecular weight is 338 g/mol. The Morgan fingerprint density at radius 3 is 2.56 bits per heavy atom. The Labute approximate surface area is 144 Å². The number of ether oxygens (including phenoxy) is 1. The number of hydrazone groups is 1. The lowest BCUT2D eigenvalue weighted by Crippen LogP contribution is -2.27. The van der Waals surface area contributed by atoms with E-state index in [1.54, 1.807) is 12.1 Å². The van der Waals surface area contributed by atoms with Gasteiger partial charge in [-0.2, -0.15) is 5.10 Å². The van der Waals surface area contributed by atoms with Gasteiger partial charge in [0, 0.05) is 6.07 Å². The minimum Gasteiger partial charge on any atom is -0.495 e. The third-order valence-corrected chi connectivity index (χ3v) is 3.69. The molecule has 3 rings (SSSR count). The summed E-state index contributed by atoms with van der Waals surface area (Å²) in [6, 6.07) is 12.3. The molecular weight excluding hydrogens is 320 g/mol. The molecule has 0 aromatic heterocycles. The number of methoxy groups -OCH3 is 1. The van der Waals surface area contributed by atoms with Crippen molar-refractivity contribution in [1.82, 2.24) is 0 Å². The number of aliphatic hydroxyl groups excluding tert-OH is 1. The predicted octanol–water partition coefficient (Wildman–Crippen LogP) is 1.78. The summed E-state index contributed by atoms with van der Waals surface area (Å²) < 4.78 is 5.18. The molecule has 8 heteroatoms. The molecule has 1 aliphatic heterocycles. The van der Waals surface area contributed by atoms with Crippen molar-refractivity contribution in [3.05, 3.63) is 42.5 Å². The van der Waals surface area contributed by atoms with Crippen LogP contribution in [0.3, 0.4) is 0 Å². The smallest absolute Gasteiger partial charge is 0.174 e. The van der Waals surface area contributed by atoms with E-state index in [1.807, 2.05) is 30.3 Å². The van der Waals surface area contributed by atoms with Gasteiger partial charge in [-0.25, -0.2) is 10.0 Å². The van der Waals surface area contributed by atoms with Crippen LogP contribution in [0.1, 0.15) is 0 Å². The minimum atomic E-state index is -0.351. The molecule has 1 heterocycles. The maximum Gasteiger partial charge on any atom is 0.174 e. The normalized spacial score (nSPS) is 15.6. The summed E-state index contributed by atoms with van der Waals surface area (Å²) in [6.45, 7) is -0.351. The number of benzene rings is 2. The topological polar surface area (TPSA) is 133 Å². The first-order valence-electron chi connectivity index (χ1n) is 7.49. The van der Waals surface area contributed by atoms with Gasteiger partial charge in [0.2, 0.25) is 0 Å². The van der Waals surface area contributed by atoms with Crippen LogP contribution >= 0.6 is 0 Å². The molecule has 8 nitrogen and oxygen atoms in total. The molecule has 0 aliphatic carbocycles. The van der Waals surface area contributed by atoms with Crippen molar-refractivity contribution in [2.24, 2.45) is 10.1 Å². The lowest BCUT2D eigenvalue weighted by atomic mass is 10.2. The Bertz CT molecular complexity index is 876. The molecule has 128 valence electrons. The number of amidine groups is 1. The summed E-state index contributed by atoms with van der Waals surface area (Å²) in [7, 11) is 1.49. The van der Waals surface area contributed by atoms with Crippen LogP contribution in [0.15, 0.2) is 52.6 Å². The highest BCUT2D eigenvalue weighted by Gasteiger charge is 2.29. The van der Waals surface area contributed by atoms with E-state index < -0.39 is 0 Å². The number of nitrogen functional groups attached to an aromatic ring is 2. The van der Waals surface area contributed by atoms with Gasteiger partial charge in [-0.15, -0.1) is 0 Å². The molecule has 0 spiro atoms. The van der Waals surface area contributed by atoms with E-state index in [0.717, 1.165) is 0 Å². The van der Waals surface area contributed by atoms with Gasteiger partial charge in [-0.3, -0.25) is 5.41 Å². The fraction of sp³-hybridized carbons (Fsp3) is 0.118. The molecule has 0 unspecified atom stereocenters. The molecule has 0 amide bonds. The SMILES string of the molecule is COc1cc(N=C2C(=N)N(c3ccccc3)N=C2CO)c(N)cc1N. The second kappa shape index (κ2) is 6.62. The number of rotatable bonds is 4. The van der Waals surface area contributed by atoms with Gasteiger partial charge < -0.3 is 21.3 Å². The first-order chi connectivity index (χ1) is 12.0. The standard InChI is InChI=1S/C17H18N6O2/c1-25-15-8-13(11(18)7-12(15)19)21-16-14(9-24)22-23(17(16)20)10-5-3-2-4-6-10/h2-8,20,24H,9,18-19H2,1H3. The number of anilines is 3. The Hall–Kier alpha value is -3.39. The quantitative estimate of drug-likeness (QED) is 0.631. The zero-order valence-corrected chi connectivity index (χ0v) is 13.6.